The van der Waals surface area contributed by atoms with Crippen molar-refractivity contribution in [2.45, 2.75) is 60.5 Å². The molecule has 0 aliphatic heterocycles. The minimum atomic E-state index is -0.480. The van der Waals surface area contributed by atoms with Gasteiger partial charge in [-0.2, -0.15) is 0 Å². The fourth-order valence-corrected chi connectivity index (χ4v) is 4.00. The van der Waals surface area contributed by atoms with E-state index in [1.165, 1.54) is 0 Å². The molecule has 0 unspecified atom stereocenters. The van der Waals surface area contributed by atoms with E-state index in [0.29, 0.717) is 11.3 Å². The van der Waals surface area contributed by atoms with E-state index in [9.17, 15) is 4.79 Å². The third-order valence-corrected chi connectivity index (χ3v) is 5.98. The van der Waals surface area contributed by atoms with Crippen LogP contribution < -0.4 is 9.47 Å². The van der Waals surface area contributed by atoms with Gasteiger partial charge in [0.2, 0.25) is 0 Å². The van der Waals surface area contributed by atoms with Crippen LogP contribution >= 0.6 is 0 Å². The standard InChI is InChI=1S/C33H38O3/c1-23-20-26(21-24(2)31(23)36-33(7,8)25(3)22-32(4,5)6)14-19-30(34)27-15-17-29(18-16-27)35-28-12-10-9-11-13-28/h9-21H,3,22H2,1-2,4-8H3/b19-14+. The Morgan fingerprint density at radius 2 is 1.42 bits per heavy atom. The molecule has 0 saturated heterocycles. The number of ether oxygens (including phenoxy) is 2. The molecule has 0 fully saturated rings. The summed E-state index contributed by atoms with van der Waals surface area (Å²) >= 11 is 0. The van der Waals surface area contributed by atoms with Gasteiger partial charge in [0.15, 0.2) is 5.78 Å². The van der Waals surface area contributed by atoms with E-state index in [0.717, 1.165) is 40.2 Å². The SMILES string of the molecule is C=C(CC(C)(C)C)C(C)(C)Oc1c(C)cc(/C=C/C(=O)c2ccc(Oc3ccccc3)cc2)cc1C. The minimum Gasteiger partial charge on any atom is -0.483 e. The van der Waals surface area contributed by atoms with Crippen LogP contribution in [0.25, 0.3) is 6.08 Å². The second kappa shape index (κ2) is 11.0. The molecule has 0 radical (unpaired) electrons. The first-order valence-electron chi connectivity index (χ1n) is 12.4. The first kappa shape index (κ1) is 27.0. The van der Waals surface area contributed by atoms with Crippen molar-refractivity contribution in [1.82, 2.24) is 0 Å². The molecule has 3 heteroatoms. The number of ketones is 1. The average molecular weight is 483 g/mol. The topological polar surface area (TPSA) is 35.5 Å². The van der Waals surface area contributed by atoms with Crippen LogP contribution in [-0.4, -0.2) is 11.4 Å². The molecular formula is C33H38O3. The van der Waals surface area contributed by atoms with E-state index in [1.807, 2.05) is 74.5 Å². The Labute approximate surface area is 216 Å². The van der Waals surface area contributed by atoms with Crippen LogP contribution in [0.15, 0.2) is 85.0 Å². The van der Waals surface area contributed by atoms with Gasteiger partial charge in [0.05, 0.1) is 0 Å². The van der Waals surface area contributed by atoms with E-state index < -0.39 is 5.60 Å². The van der Waals surface area contributed by atoms with Crippen LogP contribution in [0.1, 0.15) is 68.1 Å². The predicted octanol–water partition coefficient (Wildman–Crippen LogP) is 9.14. The van der Waals surface area contributed by atoms with Gasteiger partial charge in [0.25, 0.3) is 0 Å². The van der Waals surface area contributed by atoms with E-state index in [4.69, 9.17) is 9.47 Å². The lowest BCUT2D eigenvalue weighted by Gasteiger charge is -2.33. The Morgan fingerprint density at radius 3 is 1.97 bits per heavy atom. The van der Waals surface area contributed by atoms with Crippen LogP contribution in [-0.2, 0) is 0 Å². The number of para-hydroxylation sites is 1. The van der Waals surface area contributed by atoms with Crippen molar-refractivity contribution < 1.29 is 14.3 Å². The van der Waals surface area contributed by atoms with E-state index >= 15 is 0 Å². The largest absolute Gasteiger partial charge is 0.483 e. The zero-order valence-corrected chi connectivity index (χ0v) is 22.6. The van der Waals surface area contributed by atoms with Crippen molar-refractivity contribution in [2.75, 3.05) is 0 Å². The van der Waals surface area contributed by atoms with Gasteiger partial charge in [-0.3, -0.25) is 4.79 Å². The first-order valence-corrected chi connectivity index (χ1v) is 12.4. The highest BCUT2D eigenvalue weighted by Crippen LogP contribution is 2.35. The average Bonchev–Trinajstić information content (AvgIpc) is 2.80. The van der Waals surface area contributed by atoms with Gasteiger partial charge in [0.1, 0.15) is 22.8 Å². The van der Waals surface area contributed by atoms with Gasteiger partial charge >= 0.3 is 0 Å². The second-order valence-electron chi connectivity index (χ2n) is 11.1. The molecule has 0 spiro atoms. The Morgan fingerprint density at radius 1 is 0.861 bits per heavy atom. The van der Waals surface area contributed by atoms with Gasteiger partial charge in [0, 0.05) is 5.56 Å². The van der Waals surface area contributed by atoms with Crippen molar-refractivity contribution in [3.63, 3.8) is 0 Å². The van der Waals surface area contributed by atoms with Gasteiger partial charge in [-0.05, 0) is 116 Å². The molecule has 36 heavy (non-hydrogen) atoms. The number of allylic oxidation sites excluding steroid dienone is 1. The van der Waals surface area contributed by atoms with Gasteiger partial charge in [-0.15, -0.1) is 0 Å². The lowest BCUT2D eigenvalue weighted by Crippen LogP contribution is -2.32. The molecule has 3 aromatic rings. The molecule has 0 saturated carbocycles. The normalized spacial score (nSPS) is 12.0. The highest BCUT2D eigenvalue weighted by atomic mass is 16.5. The van der Waals surface area contributed by atoms with Crippen LogP contribution in [0, 0.1) is 19.3 Å². The number of rotatable bonds is 9. The van der Waals surface area contributed by atoms with Crippen LogP contribution in [0.5, 0.6) is 17.2 Å². The maximum Gasteiger partial charge on any atom is 0.185 e. The molecule has 3 rings (SSSR count). The lowest BCUT2D eigenvalue weighted by molar-refractivity contribution is 0.104. The summed E-state index contributed by atoms with van der Waals surface area (Å²) in [5.74, 6) is 2.26. The Bertz CT molecular complexity index is 1220. The smallest absolute Gasteiger partial charge is 0.185 e. The summed E-state index contributed by atoms with van der Waals surface area (Å²) in [6.07, 6.45) is 4.35. The van der Waals surface area contributed by atoms with E-state index in [1.54, 1.807) is 18.2 Å². The molecule has 0 aromatic heterocycles. The molecular weight excluding hydrogens is 444 g/mol. The van der Waals surface area contributed by atoms with Gasteiger partial charge in [-0.25, -0.2) is 0 Å². The van der Waals surface area contributed by atoms with Crippen molar-refractivity contribution in [1.29, 1.82) is 0 Å². The monoisotopic (exact) mass is 482 g/mol. The number of hydrogen-bond acceptors (Lipinski definition) is 3. The van der Waals surface area contributed by atoms with Crippen molar-refractivity contribution in [3.05, 3.63) is 107 Å². The quantitative estimate of drug-likeness (QED) is 0.173. The third-order valence-electron chi connectivity index (χ3n) is 5.98. The maximum absolute atomic E-state index is 12.7. The second-order valence-corrected chi connectivity index (χ2v) is 11.1. The zero-order chi connectivity index (χ0) is 26.5. The van der Waals surface area contributed by atoms with Crippen LogP contribution in [0.3, 0.4) is 0 Å². The van der Waals surface area contributed by atoms with E-state index in [2.05, 4.69) is 41.2 Å². The summed E-state index contributed by atoms with van der Waals surface area (Å²) in [5.41, 5.74) is 4.37. The highest BCUT2D eigenvalue weighted by Gasteiger charge is 2.28. The molecule has 0 aliphatic rings. The number of aryl methyl sites for hydroxylation is 2. The van der Waals surface area contributed by atoms with Crippen molar-refractivity contribution >= 4 is 11.9 Å². The summed E-state index contributed by atoms with van der Waals surface area (Å²) in [6, 6.07) is 20.9. The Kier molecular flexibility index (Phi) is 8.24. The van der Waals surface area contributed by atoms with Gasteiger partial charge < -0.3 is 9.47 Å². The van der Waals surface area contributed by atoms with Crippen molar-refractivity contribution in [2.24, 2.45) is 5.41 Å². The maximum atomic E-state index is 12.7. The fourth-order valence-electron chi connectivity index (χ4n) is 4.00. The van der Waals surface area contributed by atoms with Crippen LogP contribution in [0.2, 0.25) is 0 Å². The molecule has 0 heterocycles. The molecule has 3 aromatic carbocycles. The Balaban J connectivity index is 1.69. The number of carbonyl (C=O) groups excluding carboxylic acids is 1. The van der Waals surface area contributed by atoms with Crippen LogP contribution in [0.4, 0.5) is 0 Å². The van der Waals surface area contributed by atoms with Gasteiger partial charge in [-0.1, -0.05) is 51.6 Å². The van der Waals surface area contributed by atoms with E-state index in [-0.39, 0.29) is 11.2 Å². The first-order chi connectivity index (χ1) is 16.8. The summed E-state index contributed by atoms with van der Waals surface area (Å²) in [4.78, 5) is 12.7. The Hall–Kier alpha value is -3.59. The molecule has 0 amide bonds. The summed E-state index contributed by atoms with van der Waals surface area (Å²) in [5, 5.41) is 0. The minimum absolute atomic E-state index is 0.0588. The highest BCUT2D eigenvalue weighted by molar-refractivity contribution is 6.06. The molecule has 0 aliphatic carbocycles. The molecule has 3 nitrogen and oxygen atoms in total. The number of benzene rings is 3. The summed E-state index contributed by atoms with van der Waals surface area (Å²) < 4.78 is 12.3. The molecule has 188 valence electrons. The third kappa shape index (κ3) is 7.45. The zero-order valence-electron chi connectivity index (χ0n) is 22.6. The lowest BCUT2D eigenvalue weighted by atomic mass is 9.82. The molecule has 0 N–H and O–H groups in total. The summed E-state index contributed by atoms with van der Waals surface area (Å²) in [7, 11) is 0. The van der Waals surface area contributed by atoms with Crippen molar-refractivity contribution in [3.8, 4) is 17.2 Å². The molecule has 0 bridgehead atoms. The molecule has 0 atom stereocenters. The number of carbonyl (C=O) groups is 1. The summed E-state index contributed by atoms with van der Waals surface area (Å²) in [6.45, 7) is 19.2. The predicted molar refractivity (Wildman–Crippen MR) is 150 cm³/mol. The fraction of sp³-hybridized carbons (Fsp3) is 0.303. The number of hydrogen-bond donors (Lipinski definition) is 0.